The van der Waals surface area contributed by atoms with Crippen LogP contribution in [0.5, 0.6) is 0 Å². The van der Waals surface area contributed by atoms with Crippen molar-refractivity contribution in [2.45, 2.75) is 20.3 Å². The summed E-state index contributed by atoms with van der Waals surface area (Å²) in [6, 6.07) is 4.96. The maximum absolute atomic E-state index is 12.1. The van der Waals surface area contributed by atoms with Crippen molar-refractivity contribution < 1.29 is 4.79 Å². The van der Waals surface area contributed by atoms with E-state index in [1.807, 2.05) is 0 Å². The Morgan fingerprint density at radius 2 is 2.12 bits per heavy atom. The van der Waals surface area contributed by atoms with Gasteiger partial charge in [0.1, 0.15) is 0 Å². The van der Waals surface area contributed by atoms with Crippen molar-refractivity contribution in [2.75, 3.05) is 19.3 Å². The number of carbonyl (C=O) groups is 1. The number of benzene rings is 1. The Morgan fingerprint density at radius 1 is 1.47 bits per heavy atom. The van der Waals surface area contributed by atoms with Crippen LogP contribution in [0.25, 0.3) is 0 Å². The predicted octanol–water partition coefficient (Wildman–Crippen LogP) is 3.04. The average Bonchev–Trinajstić information content (AvgIpc) is 2.25. The number of nitrogens with zero attached hydrogens (tertiary/aromatic N) is 1. The summed E-state index contributed by atoms with van der Waals surface area (Å²) in [4.78, 5) is 13.8. The van der Waals surface area contributed by atoms with Crippen molar-refractivity contribution in [1.29, 1.82) is 0 Å². The Bertz CT molecular complexity index is 404. The lowest BCUT2D eigenvalue weighted by molar-refractivity contribution is 0.0789. The molecule has 0 aromatic heterocycles. The van der Waals surface area contributed by atoms with Gasteiger partial charge in [0.25, 0.3) is 5.91 Å². The quantitative estimate of drug-likeness (QED) is 0.840. The number of rotatable bonds is 4. The first-order valence-corrected chi connectivity index (χ1v) is 6.10. The second-order valence-electron chi connectivity index (χ2n) is 4.65. The van der Waals surface area contributed by atoms with Crippen LogP contribution in [0.3, 0.4) is 0 Å². The molecule has 1 aromatic carbocycles. The Kier molecular flexibility index (Phi) is 4.82. The minimum Gasteiger partial charge on any atom is -0.399 e. The number of hydrogen-bond donors (Lipinski definition) is 1. The molecule has 0 unspecified atom stereocenters. The van der Waals surface area contributed by atoms with Crippen LogP contribution in [-0.4, -0.2) is 24.4 Å². The van der Waals surface area contributed by atoms with Crippen LogP contribution in [0.4, 0.5) is 5.69 Å². The first-order chi connectivity index (χ1) is 7.91. The Balaban J connectivity index is 2.75. The highest BCUT2D eigenvalue weighted by atomic mass is 35.5. The standard InChI is InChI=1S/C13H19ClN2O/c1-9(2)6-7-16(3)13(17)11-5-4-10(15)8-12(11)14/h4-5,8-9H,6-7,15H2,1-3H3. The Labute approximate surface area is 108 Å². The molecule has 17 heavy (non-hydrogen) atoms. The van der Waals surface area contributed by atoms with Crippen LogP contribution < -0.4 is 5.73 Å². The molecule has 2 N–H and O–H groups in total. The van der Waals surface area contributed by atoms with E-state index in [2.05, 4.69) is 13.8 Å². The lowest BCUT2D eigenvalue weighted by Crippen LogP contribution is -2.28. The molecule has 0 saturated carbocycles. The predicted molar refractivity (Wildman–Crippen MR) is 72.3 cm³/mol. The van der Waals surface area contributed by atoms with Crippen LogP contribution in [0.1, 0.15) is 30.6 Å². The van der Waals surface area contributed by atoms with Crippen LogP contribution in [0, 0.1) is 5.92 Å². The number of anilines is 1. The summed E-state index contributed by atoms with van der Waals surface area (Å²) in [5, 5.41) is 0.409. The lowest BCUT2D eigenvalue weighted by Gasteiger charge is -2.19. The van der Waals surface area contributed by atoms with Crippen LogP contribution in [0.2, 0.25) is 5.02 Å². The molecule has 0 radical (unpaired) electrons. The van der Waals surface area contributed by atoms with Gasteiger partial charge in [0, 0.05) is 19.3 Å². The van der Waals surface area contributed by atoms with E-state index in [0.29, 0.717) is 22.2 Å². The highest BCUT2D eigenvalue weighted by Gasteiger charge is 2.15. The van der Waals surface area contributed by atoms with Crippen molar-refractivity contribution in [3.8, 4) is 0 Å². The molecule has 1 rings (SSSR count). The smallest absolute Gasteiger partial charge is 0.255 e. The Hall–Kier alpha value is -1.22. The van der Waals surface area contributed by atoms with Gasteiger partial charge in [-0.15, -0.1) is 0 Å². The number of hydrogen-bond acceptors (Lipinski definition) is 2. The molecule has 0 bridgehead atoms. The molecule has 94 valence electrons. The first kappa shape index (κ1) is 13.8. The van der Waals surface area contributed by atoms with Crippen molar-refractivity contribution in [2.24, 2.45) is 5.92 Å². The summed E-state index contributed by atoms with van der Waals surface area (Å²) < 4.78 is 0. The molecule has 0 aliphatic rings. The van der Waals surface area contributed by atoms with E-state index < -0.39 is 0 Å². The van der Waals surface area contributed by atoms with E-state index in [9.17, 15) is 4.79 Å². The van der Waals surface area contributed by atoms with Crippen molar-refractivity contribution in [3.63, 3.8) is 0 Å². The molecule has 0 atom stereocenters. The van der Waals surface area contributed by atoms with Gasteiger partial charge in [-0.2, -0.15) is 0 Å². The molecule has 0 saturated heterocycles. The maximum atomic E-state index is 12.1. The summed E-state index contributed by atoms with van der Waals surface area (Å²) in [7, 11) is 1.79. The highest BCUT2D eigenvalue weighted by molar-refractivity contribution is 6.34. The van der Waals surface area contributed by atoms with Gasteiger partial charge in [0.15, 0.2) is 0 Å². The molecule has 4 heteroatoms. The summed E-state index contributed by atoms with van der Waals surface area (Å²) in [5.74, 6) is 0.516. The van der Waals surface area contributed by atoms with Gasteiger partial charge in [0.2, 0.25) is 0 Å². The monoisotopic (exact) mass is 254 g/mol. The molecular weight excluding hydrogens is 236 g/mol. The van der Waals surface area contributed by atoms with E-state index in [1.165, 1.54) is 0 Å². The van der Waals surface area contributed by atoms with Gasteiger partial charge >= 0.3 is 0 Å². The third-order valence-corrected chi connectivity index (χ3v) is 2.92. The minimum atomic E-state index is -0.0596. The molecule has 0 aliphatic carbocycles. The highest BCUT2D eigenvalue weighted by Crippen LogP contribution is 2.20. The largest absolute Gasteiger partial charge is 0.399 e. The van der Waals surface area contributed by atoms with E-state index in [0.717, 1.165) is 13.0 Å². The fourth-order valence-electron chi connectivity index (χ4n) is 1.46. The molecule has 3 nitrogen and oxygen atoms in total. The molecule has 1 amide bonds. The second-order valence-corrected chi connectivity index (χ2v) is 5.06. The Morgan fingerprint density at radius 3 is 2.65 bits per heavy atom. The summed E-state index contributed by atoms with van der Waals surface area (Å²) in [5.41, 5.74) is 6.67. The van der Waals surface area contributed by atoms with E-state index in [1.54, 1.807) is 30.1 Å². The van der Waals surface area contributed by atoms with Crippen LogP contribution >= 0.6 is 11.6 Å². The topological polar surface area (TPSA) is 46.3 Å². The normalized spacial score (nSPS) is 10.6. The number of halogens is 1. The number of carbonyl (C=O) groups excluding carboxylic acids is 1. The zero-order chi connectivity index (χ0) is 13.0. The van der Waals surface area contributed by atoms with Gasteiger partial charge < -0.3 is 10.6 Å². The molecule has 0 aliphatic heterocycles. The van der Waals surface area contributed by atoms with Gasteiger partial charge in [-0.1, -0.05) is 25.4 Å². The first-order valence-electron chi connectivity index (χ1n) is 5.72. The van der Waals surface area contributed by atoms with Crippen molar-refractivity contribution in [3.05, 3.63) is 28.8 Å². The van der Waals surface area contributed by atoms with Crippen LogP contribution in [-0.2, 0) is 0 Å². The third kappa shape index (κ3) is 3.93. The van der Waals surface area contributed by atoms with Gasteiger partial charge in [-0.3, -0.25) is 4.79 Å². The molecule has 0 heterocycles. The van der Waals surface area contributed by atoms with Crippen LogP contribution in [0.15, 0.2) is 18.2 Å². The van der Waals surface area contributed by atoms with E-state index >= 15 is 0 Å². The molecule has 1 aromatic rings. The number of nitrogens with two attached hydrogens (primary N) is 1. The third-order valence-electron chi connectivity index (χ3n) is 2.61. The summed E-state index contributed by atoms with van der Waals surface area (Å²) in [6.45, 7) is 5.00. The van der Waals surface area contributed by atoms with Crippen molar-refractivity contribution >= 4 is 23.2 Å². The van der Waals surface area contributed by atoms with Gasteiger partial charge in [-0.25, -0.2) is 0 Å². The zero-order valence-corrected chi connectivity index (χ0v) is 11.3. The van der Waals surface area contributed by atoms with Gasteiger partial charge in [-0.05, 0) is 30.5 Å². The average molecular weight is 255 g/mol. The number of nitrogen functional groups attached to an aromatic ring is 1. The molecule has 0 spiro atoms. The SMILES string of the molecule is CC(C)CCN(C)C(=O)c1ccc(N)cc1Cl. The molecule has 0 fully saturated rings. The van der Waals surface area contributed by atoms with Crippen molar-refractivity contribution in [1.82, 2.24) is 4.90 Å². The zero-order valence-electron chi connectivity index (χ0n) is 10.5. The maximum Gasteiger partial charge on any atom is 0.255 e. The van der Waals surface area contributed by atoms with E-state index in [-0.39, 0.29) is 5.91 Å². The second kappa shape index (κ2) is 5.92. The summed E-state index contributed by atoms with van der Waals surface area (Å²) >= 11 is 6.00. The summed E-state index contributed by atoms with van der Waals surface area (Å²) in [6.07, 6.45) is 0.981. The molecular formula is C13H19ClN2O. The van der Waals surface area contributed by atoms with E-state index in [4.69, 9.17) is 17.3 Å². The fraction of sp³-hybridized carbons (Fsp3) is 0.462. The number of amides is 1. The minimum absolute atomic E-state index is 0.0596. The fourth-order valence-corrected chi connectivity index (χ4v) is 1.73. The lowest BCUT2D eigenvalue weighted by atomic mass is 10.1. The van der Waals surface area contributed by atoms with Gasteiger partial charge in [0.05, 0.1) is 10.6 Å².